The van der Waals surface area contributed by atoms with E-state index in [-0.39, 0.29) is 5.97 Å². The maximum atomic E-state index is 11.3. The number of hydrogen-bond donors (Lipinski definition) is 1. The lowest BCUT2D eigenvalue weighted by atomic mass is 10.2. The van der Waals surface area contributed by atoms with Gasteiger partial charge in [0.2, 0.25) is 0 Å². The third-order valence-electron chi connectivity index (χ3n) is 1.93. The minimum absolute atomic E-state index is 0.378. The Morgan fingerprint density at radius 3 is 3.00 bits per heavy atom. The number of methoxy groups -OCH3 is 1. The van der Waals surface area contributed by atoms with E-state index in [2.05, 4.69) is 15.2 Å². The van der Waals surface area contributed by atoms with Crippen LogP contribution >= 0.6 is 0 Å². The van der Waals surface area contributed by atoms with E-state index < -0.39 is 0 Å². The molecular formula is C9H15N3O2. The summed E-state index contributed by atoms with van der Waals surface area (Å²) in [4.78, 5) is 11.3. The van der Waals surface area contributed by atoms with Crippen molar-refractivity contribution < 1.29 is 9.53 Å². The zero-order valence-electron chi connectivity index (χ0n) is 8.70. The summed E-state index contributed by atoms with van der Waals surface area (Å²) >= 11 is 0. The fourth-order valence-corrected chi connectivity index (χ4v) is 1.25. The number of hydrogen-bond acceptors (Lipinski definition) is 4. The van der Waals surface area contributed by atoms with Crippen LogP contribution in [0.5, 0.6) is 0 Å². The van der Waals surface area contributed by atoms with Crippen molar-refractivity contribution in [3.05, 3.63) is 17.5 Å². The number of carbonyl (C=O) groups excluding carboxylic acids is 1. The van der Waals surface area contributed by atoms with Gasteiger partial charge in [-0.05, 0) is 20.0 Å². The Hall–Kier alpha value is -1.36. The molecule has 0 fully saturated rings. The number of ether oxygens (including phenoxy) is 1. The molecule has 0 aliphatic heterocycles. The Morgan fingerprint density at radius 2 is 2.43 bits per heavy atom. The van der Waals surface area contributed by atoms with Crippen LogP contribution in [0.4, 0.5) is 0 Å². The van der Waals surface area contributed by atoms with E-state index in [1.165, 1.54) is 7.11 Å². The molecule has 0 saturated heterocycles. The Bertz CT molecular complexity index is 320. The van der Waals surface area contributed by atoms with Crippen LogP contribution in [0.15, 0.2) is 6.20 Å². The van der Waals surface area contributed by atoms with Crippen molar-refractivity contribution in [2.24, 2.45) is 7.05 Å². The SMILES string of the molecule is CNCCc1cn(C)nc1C(=O)OC. The normalized spacial score (nSPS) is 10.2. The second-order valence-electron chi connectivity index (χ2n) is 3.02. The van der Waals surface area contributed by atoms with Gasteiger partial charge in [-0.2, -0.15) is 5.10 Å². The van der Waals surface area contributed by atoms with Crippen molar-refractivity contribution >= 4 is 5.97 Å². The highest BCUT2D eigenvalue weighted by Gasteiger charge is 2.15. The first kappa shape index (κ1) is 10.7. The second-order valence-corrected chi connectivity index (χ2v) is 3.02. The highest BCUT2D eigenvalue weighted by atomic mass is 16.5. The number of nitrogens with zero attached hydrogens (tertiary/aromatic N) is 2. The Kier molecular flexibility index (Phi) is 3.64. The van der Waals surface area contributed by atoms with Crippen LogP contribution in [0, 0.1) is 0 Å². The smallest absolute Gasteiger partial charge is 0.358 e. The van der Waals surface area contributed by atoms with Crippen molar-refractivity contribution in [3.8, 4) is 0 Å². The van der Waals surface area contributed by atoms with E-state index in [1.54, 1.807) is 11.7 Å². The number of nitrogens with one attached hydrogen (secondary N) is 1. The summed E-state index contributed by atoms with van der Waals surface area (Å²) in [7, 11) is 5.02. The monoisotopic (exact) mass is 197 g/mol. The van der Waals surface area contributed by atoms with Gasteiger partial charge in [-0.3, -0.25) is 4.68 Å². The van der Waals surface area contributed by atoms with E-state index in [9.17, 15) is 4.79 Å². The minimum atomic E-state index is -0.378. The van der Waals surface area contributed by atoms with Gasteiger partial charge in [0.15, 0.2) is 5.69 Å². The molecule has 0 aliphatic carbocycles. The lowest BCUT2D eigenvalue weighted by molar-refractivity contribution is 0.0592. The van der Waals surface area contributed by atoms with Gasteiger partial charge in [0, 0.05) is 18.8 Å². The maximum absolute atomic E-state index is 11.3. The fraction of sp³-hybridized carbons (Fsp3) is 0.556. The molecule has 0 unspecified atom stereocenters. The van der Waals surface area contributed by atoms with Gasteiger partial charge in [-0.25, -0.2) is 4.79 Å². The predicted octanol–water partition coefficient (Wildman–Crippen LogP) is -0.0314. The van der Waals surface area contributed by atoms with Gasteiger partial charge in [0.05, 0.1) is 7.11 Å². The van der Waals surface area contributed by atoms with E-state index >= 15 is 0 Å². The number of carbonyl (C=O) groups is 1. The Labute approximate surface area is 83.1 Å². The molecule has 1 N–H and O–H groups in total. The molecule has 5 heteroatoms. The molecule has 5 nitrogen and oxygen atoms in total. The quantitative estimate of drug-likeness (QED) is 0.689. The number of rotatable bonds is 4. The largest absolute Gasteiger partial charge is 0.464 e. The number of esters is 1. The second kappa shape index (κ2) is 4.76. The van der Waals surface area contributed by atoms with Crippen LogP contribution in [-0.2, 0) is 18.2 Å². The molecule has 0 amide bonds. The predicted molar refractivity (Wildman–Crippen MR) is 52.2 cm³/mol. The molecule has 1 heterocycles. The van der Waals surface area contributed by atoms with E-state index in [1.807, 2.05) is 13.2 Å². The Balaban J connectivity index is 2.85. The van der Waals surface area contributed by atoms with E-state index in [0.717, 1.165) is 18.5 Å². The van der Waals surface area contributed by atoms with Crippen molar-refractivity contribution in [2.75, 3.05) is 20.7 Å². The molecule has 0 spiro atoms. The van der Waals surface area contributed by atoms with Gasteiger partial charge < -0.3 is 10.1 Å². The topological polar surface area (TPSA) is 56.2 Å². The fourth-order valence-electron chi connectivity index (χ4n) is 1.25. The van der Waals surface area contributed by atoms with Crippen LogP contribution in [-0.4, -0.2) is 36.5 Å². The number of aromatic nitrogens is 2. The molecule has 1 aromatic heterocycles. The first-order valence-electron chi connectivity index (χ1n) is 4.44. The molecule has 0 atom stereocenters. The highest BCUT2D eigenvalue weighted by Crippen LogP contribution is 2.07. The van der Waals surface area contributed by atoms with Gasteiger partial charge in [-0.1, -0.05) is 0 Å². The molecule has 0 radical (unpaired) electrons. The third-order valence-corrected chi connectivity index (χ3v) is 1.93. The molecule has 0 saturated carbocycles. The molecule has 1 aromatic rings. The number of aryl methyl sites for hydroxylation is 1. The van der Waals surface area contributed by atoms with Crippen molar-refractivity contribution in [1.82, 2.24) is 15.1 Å². The molecule has 0 aromatic carbocycles. The molecule has 0 aliphatic rings. The summed E-state index contributed by atoms with van der Waals surface area (Å²) < 4.78 is 6.26. The summed E-state index contributed by atoms with van der Waals surface area (Å²) in [6, 6.07) is 0. The lowest BCUT2D eigenvalue weighted by Gasteiger charge is -1.99. The zero-order chi connectivity index (χ0) is 10.6. The first-order valence-corrected chi connectivity index (χ1v) is 4.44. The molecular weight excluding hydrogens is 182 g/mol. The van der Waals surface area contributed by atoms with Gasteiger partial charge in [0.25, 0.3) is 0 Å². The van der Waals surface area contributed by atoms with Crippen molar-refractivity contribution in [3.63, 3.8) is 0 Å². The van der Waals surface area contributed by atoms with Crippen LogP contribution in [0.1, 0.15) is 16.1 Å². The van der Waals surface area contributed by atoms with Crippen LogP contribution in [0.3, 0.4) is 0 Å². The lowest BCUT2D eigenvalue weighted by Crippen LogP contribution is -2.13. The summed E-state index contributed by atoms with van der Waals surface area (Å²) in [5, 5.41) is 7.07. The Morgan fingerprint density at radius 1 is 1.71 bits per heavy atom. The first-order chi connectivity index (χ1) is 6.69. The van der Waals surface area contributed by atoms with Gasteiger partial charge >= 0.3 is 5.97 Å². The van der Waals surface area contributed by atoms with Crippen molar-refractivity contribution in [1.29, 1.82) is 0 Å². The zero-order valence-corrected chi connectivity index (χ0v) is 8.70. The summed E-state index contributed by atoms with van der Waals surface area (Å²) in [5.41, 5.74) is 1.32. The average molecular weight is 197 g/mol. The molecule has 1 rings (SSSR count). The molecule has 0 bridgehead atoms. The van der Waals surface area contributed by atoms with Crippen LogP contribution in [0.25, 0.3) is 0 Å². The minimum Gasteiger partial charge on any atom is -0.464 e. The van der Waals surface area contributed by atoms with Gasteiger partial charge in [0.1, 0.15) is 0 Å². The summed E-state index contributed by atoms with van der Waals surface area (Å²) in [6.45, 7) is 0.815. The molecule has 78 valence electrons. The van der Waals surface area contributed by atoms with E-state index in [4.69, 9.17) is 0 Å². The van der Waals surface area contributed by atoms with Crippen LogP contribution in [0.2, 0.25) is 0 Å². The van der Waals surface area contributed by atoms with Crippen molar-refractivity contribution in [2.45, 2.75) is 6.42 Å². The summed E-state index contributed by atoms with van der Waals surface area (Å²) in [6.07, 6.45) is 2.61. The molecule has 14 heavy (non-hydrogen) atoms. The summed E-state index contributed by atoms with van der Waals surface area (Å²) in [5.74, 6) is -0.378. The van der Waals surface area contributed by atoms with E-state index in [0.29, 0.717) is 5.69 Å². The average Bonchev–Trinajstić information content (AvgIpc) is 2.55. The standard InChI is InChI=1S/C9H15N3O2/c1-10-5-4-7-6-12(2)11-8(7)9(13)14-3/h6,10H,4-5H2,1-3H3. The third kappa shape index (κ3) is 2.32. The highest BCUT2D eigenvalue weighted by molar-refractivity contribution is 5.88. The van der Waals surface area contributed by atoms with Crippen LogP contribution < -0.4 is 5.32 Å². The van der Waals surface area contributed by atoms with Gasteiger partial charge in [-0.15, -0.1) is 0 Å². The maximum Gasteiger partial charge on any atom is 0.358 e. The number of likely N-dealkylation sites (N-methyl/N-ethyl adjacent to an activating group) is 1.